The summed E-state index contributed by atoms with van der Waals surface area (Å²) in [4.78, 5) is 0. The van der Waals surface area contributed by atoms with E-state index < -0.39 is 0 Å². The standard InChI is InChI=1S/C36H64O6/c1-9-37-22-40-28-17-18-35(7)27(19-28)20-32(41-23-38-10-2)34-30-16-15-29(26(6)14-12-13-25(4)5)36(30,8)33(21-31(34)35)42-24-39-11-3/h13,26-34H,9-12,14-24H2,1-8H3/t26-,27+,28-,29-,30+,31+,32-,33+,34+,35+,36-/m1/s1. The van der Waals surface area contributed by atoms with E-state index in [9.17, 15) is 0 Å². The van der Waals surface area contributed by atoms with E-state index in [4.69, 9.17) is 28.4 Å². The molecule has 0 unspecified atom stereocenters. The van der Waals surface area contributed by atoms with Crippen molar-refractivity contribution in [3.63, 3.8) is 0 Å². The molecule has 0 saturated heterocycles. The maximum atomic E-state index is 6.82. The molecule has 0 aromatic heterocycles. The van der Waals surface area contributed by atoms with Crippen LogP contribution in [0.2, 0.25) is 0 Å². The Morgan fingerprint density at radius 3 is 2.14 bits per heavy atom. The van der Waals surface area contributed by atoms with Crippen molar-refractivity contribution in [1.82, 2.24) is 0 Å². The Kier molecular flexibility index (Phi) is 12.8. The molecule has 244 valence electrons. The van der Waals surface area contributed by atoms with Gasteiger partial charge in [0.1, 0.15) is 20.4 Å². The minimum absolute atomic E-state index is 0.122. The third-order valence-corrected chi connectivity index (χ3v) is 12.3. The molecule has 42 heavy (non-hydrogen) atoms. The summed E-state index contributed by atoms with van der Waals surface area (Å²) in [5.74, 6) is 3.59. The van der Waals surface area contributed by atoms with E-state index in [-0.39, 0.29) is 29.1 Å². The van der Waals surface area contributed by atoms with Gasteiger partial charge in [-0.1, -0.05) is 32.4 Å². The van der Waals surface area contributed by atoms with E-state index in [0.717, 1.165) is 25.7 Å². The van der Waals surface area contributed by atoms with Crippen LogP contribution in [0.4, 0.5) is 0 Å². The van der Waals surface area contributed by atoms with Gasteiger partial charge in [0.15, 0.2) is 0 Å². The van der Waals surface area contributed by atoms with Gasteiger partial charge in [0.2, 0.25) is 0 Å². The Balaban J connectivity index is 1.63. The lowest BCUT2D eigenvalue weighted by atomic mass is 9.43. The molecule has 4 aliphatic rings. The van der Waals surface area contributed by atoms with Crippen LogP contribution in [-0.2, 0) is 28.4 Å². The lowest BCUT2D eigenvalue weighted by Crippen LogP contribution is -2.63. The molecule has 4 rings (SSSR count). The van der Waals surface area contributed by atoms with Gasteiger partial charge in [-0.3, -0.25) is 0 Å². The fraction of sp³-hybridized carbons (Fsp3) is 0.944. The zero-order valence-corrected chi connectivity index (χ0v) is 28.3. The van der Waals surface area contributed by atoms with Gasteiger partial charge in [0, 0.05) is 25.2 Å². The molecule has 0 radical (unpaired) electrons. The highest BCUT2D eigenvalue weighted by molar-refractivity contribution is 5.15. The monoisotopic (exact) mass is 592 g/mol. The average Bonchev–Trinajstić information content (AvgIpc) is 3.32. The van der Waals surface area contributed by atoms with Crippen molar-refractivity contribution in [3.8, 4) is 0 Å². The van der Waals surface area contributed by atoms with Gasteiger partial charge in [-0.2, -0.15) is 0 Å². The van der Waals surface area contributed by atoms with Crippen LogP contribution in [0, 0.1) is 46.3 Å². The SMILES string of the molecule is CCOCO[C@@H]1CC[C@@]2(C)[C@@H](C1)C[C@@H](OCOCC)[C@@H]1[C@@H]2C[C@H](OCOCC)[C@]2(C)[C@@H]([C@H](C)CCC=C(C)C)CC[C@@H]12. The molecule has 0 spiro atoms. The lowest BCUT2D eigenvalue weighted by Gasteiger charge is -2.64. The molecule has 0 heterocycles. The maximum Gasteiger partial charge on any atom is 0.147 e. The molecule has 4 fully saturated rings. The van der Waals surface area contributed by atoms with E-state index in [1.54, 1.807) is 0 Å². The van der Waals surface area contributed by atoms with Crippen LogP contribution in [0.3, 0.4) is 0 Å². The molecule has 0 aromatic rings. The minimum atomic E-state index is 0.122. The smallest absolute Gasteiger partial charge is 0.147 e. The number of hydrogen-bond acceptors (Lipinski definition) is 6. The van der Waals surface area contributed by atoms with Gasteiger partial charge in [-0.25, -0.2) is 0 Å². The van der Waals surface area contributed by atoms with Crippen LogP contribution in [0.15, 0.2) is 11.6 Å². The molecule has 0 bridgehead atoms. The van der Waals surface area contributed by atoms with Crippen molar-refractivity contribution in [2.75, 3.05) is 40.2 Å². The fourth-order valence-corrected chi connectivity index (χ4v) is 10.1. The van der Waals surface area contributed by atoms with Gasteiger partial charge in [0.05, 0.1) is 18.3 Å². The van der Waals surface area contributed by atoms with Crippen LogP contribution in [0.25, 0.3) is 0 Å². The highest BCUT2D eigenvalue weighted by Crippen LogP contribution is 2.69. The summed E-state index contributed by atoms with van der Waals surface area (Å²) < 4.78 is 37.0. The van der Waals surface area contributed by atoms with Crippen LogP contribution in [0.5, 0.6) is 0 Å². The van der Waals surface area contributed by atoms with Crippen LogP contribution >= 0.6 is 0 Å². The topological polar surface area (TPSA) is 55.4 Å². The van der Waals surface area contributed by atoms with E-state index in [1.807, 2.05) is 6.92 Å². The summed E-state index contributed by atoms with van der Waals surface area (Å²) in [5, 5.41) is 0. The summed E-state index contributed by atoms with van der Waals surface area (Å²) in [6.45, 7) is 21.6. The Hall–Kier alpha value is -0.500. The summed E-state index contributed by atoms with van der Waals surface area (Å²) in [5.41, 5.74) is 1.81. The zero-order chi connectivity index (χ0) is 30.3. The molecule has 6 nitrogen and oxygen atoms in total. The predicted octanol–water partition coefficient (Wildman–Crippen LogP) is 8.39. The predicted molar refractivity (Wildman–Crippen MR) is 168 cm³/mol. The van der Waals surface area contributed by atoms with Crippen molar-refractivity contribution >= 4 is 0 Å². The molecule has 4 aliphatic carbocycles. The van der Waals surface area contributed by atoms with E-state index in [0.29, 0.717) is 75.7 Å². The summed E-state index contributed by atoms with van der Waals surface area (Å²) in [7, 11) is 0. The number of fused-ring (bicyclic) bond motifs is 5. The third-order valence-electron chi connectivity index (χ3n) is 12.3. The van der Waals surface area contributed by atoms with E-state index in [1.165, 1.54) is 37.7 Å². The molecule has 0 aliphatic heterocycles. The second-order valence-corrected chi connectivity index (χ2v) is 14.6. The van der Waals surface area contributed by atoms with Crippen LogP contribution in [-0.4, -0.2) is 58.5 Å². The first-order valence-corrected chi connectivity index (χ1v) is 17.4. The van der Waals surface area contributed by atoms with Gasteiger partial charge >= 0.3 is 0 Å². The Morgan fingerprint density at radius 1 is 0.810 bits per heavy atom. The summed E-state index contributed by atoms with van der Waals surface area (Å²) in [6, 6.07) is 0. The highest BCUT2D eigenvalue weighted by Gasteiger charge is 2.66. The van der Waals surface area contributed by atoms with Crippen molar-refractivity contribution < 1.29 is 28.4 Å². The van der Waals surface area contributed by atoms with Crippen LogP contribution in [0.1, 0.15) is 113 Å². The van der Waals surface area contributed by atoms with Gasteiger partial charge in [-0.05, 0) is 133 Å². The zero-order valence-electron chi connectivity index (χ0n) is 28.3. The molecule has 11 atom stereocenters. The minimum Gasteiger partial charge on any atom is -0.356 e. The van der Waals surface area contributed by atoms with Crippen molar-refractivity contribution in [3.05, 3.63) is 11.6 Å². The van der Waals surface area contributed by atoms with Crippen LogP contribution < -0.4 is 0 Å². The molecule has 6 heteroatoms. The Bertz CT molecular complexity index is 843. The van der Waals surface area contributed by atoms with Gasteiger partial charge < -0.3 is 28.4 Å². The number of rotatable bonds is 16. The largest absolute Gasteiger partial charge is 0.356 e. The van der Waals surface area contributed by atoms with Gasteiger partial charge in [0.25, 0.3) is 0 Å². The molecule has 0 amide bonds. The molecular weight excluding hydrogens is 528 g/mol. The molecule has 0 N–H and O–H groups in total. The molecule has 0 aromatic carbocycles. The first kappa shape index (κ1) is 34.4. The number of allylic oxidation sites excluding steroid dienone is 2. The Labute approximate surface area is 257 Å². The first-order chi connectivity index (χ1) is 20.2. The second kappa shape index (κ2) is 15.7. The first-order valence-electron chi connectivity index (χ1n) is 17.4. The van der Waals surface area contributed by atoms with E-state index >= 15 is 0 Å². The average molecular weight is 593 g/mol. The third kappa shape index (κ3) is 7.31. The Morgan fingerprint density at radius 2 is 1.48 bits per heavy atom. The van der Waals surface area contributed by atoms with Crippen molar-refractivity contribution in [2.24, 2.45) is 46.3 Å². The van der Waals surface area contributed by atoms with Crippen molar-refractivity contribution in [2.45, 2.75) is 131 Å². The molecule has 4 saturated carbocycles. The van der Waals surface area contributed by atoms with Gasteiger partial charge in [-0.15, -0.1) is 0 Å². The number of hydrogen-bond donors (Lipinski definition) is 0. The number of ether oxygens (including phenoxy) is 6. The molecular formula is C36H64O6. The highest BCUT2D eigenvalue weighted by atomic mass is 16.7. The normalized spacial score (nSPS) is 40.2. The summed E-state index contributed by atoms with van der Waals surface area (Å²) >= 11 is 0. The fourth-order valence-electron chi connectivity index (χ4n) is 10.1. The second-order valence-electron chi connectivity index (χ2n) is 14.6. The van der Waals surface area contributed by atoms with E-state index in [2.05, 4.69) is 54.5 Å². The lowest BCUT2D eigenvalue weighted by molar-refractivity contribution is -0.252. The summed E-state index contributed by atoms with van der Waals surface area (Å²) in [6.07, 6.45) is 13.7. The quantitative estimate of drug-likeness (QED) is 0.102. The maximum absolute atomic E-state index is 6.82. The van der Waals surface area contributed by atoms with Crippen molar-refractivity contribution in [1.29, 1.82) is 0 Å².